The Hall–Kier alpha value is -0.370. The first-order valence-corrected chi connectivity index (χ1v) is 22.9. The summed E-state index contributed by atoms with van der Waals surface area (Å²) in [6, 6.07) is -4.11. The van der Waals surface area contributed by atoms with Gasteiger partial charge in [-0.15, -0.1) is 0 Å². The van der Waals surface area contributed by atoms with Crippen LogP contribution in [-0.2, 0) is 28.4 Å². The summed E-state index contributed by atoms with van der Waals surface area (Å²) in [5.41, 5.74) is 30.8. The average Bonchev–Trinajstić information content (AvgIpc) is 3.51. The first kappa shape index (κ1) is 50.3. The molecule has 17 N–H and O–H groups in total. The van der Waals surface area contributed by atoms with Crippen LogP contribution in [-0.4, -0.2) is 177 Å². The average molecular weight is 856 g/mol. The number of rotatable bonds is 25. The second kappa shape index (κ2) is 25.7. The first-order valence-electron chi connectivity index (χ1n) is 21.8. The van der Waals surface area contributed by atoms with Crippen molar-refractivity contribution in [3.05, 3.63) is 0 Å². The largest absolute Gasteiger partial charge is 0.394 e. The van der Waals surface area contributed by atoms with Crippen molar-refractivity contribution in [1.82, 2.24) is 0 Å². The Morgan fingerprint density at radius 3 is 1.52 bits per heavy atom. The maximum absolute atomic E-state index is 11.3. The van der Waals surface area contributed by atoms with Crippen molar-refractivity contribution in [1.29, 1.82) is 0 Å². The minimum atomic E-state index is -1.60. The van der Waals surface area contributed by atoms with Crippen molar-refractivity contribution < 1.29 is 64.2 Å². The van der Waals surface area contributed by atoms with Crippen molar-refractivity contribution in [2.45, 2.75) is 220 Å². The number of hydrogen-bond acceptors (Lipinski definition) is 19. The zero-order valence-electron chi connectivity index (χ0n) is 34.3. The van der Waals surface area contributed by atoms with Gasteiger partial charge in [-0.2, -0.15) is 11.8 Å². The topological polar surface area (TPSA) is 327 Å². The fourth-order valence-corrected chi connectivity index (χ4v) is 9.37. The van der Waals surface area contributed by atoms with Crippen LogP contribution < -0.4 is 28.7 Å². The fraction of sp³-hybridized carbons (Fsp3) is 1.00. The molecule has 0 aromatic rings. The zero-order valence-corrected chi connectivity index (χ0v) is 35.1. The van der Waals surface area contributed by atoms with Gasteiger partial charge in [0.15, 0.2) is 18.9 Å². The molecule has 19 atom stereocenters. The molecule has 0 spiro atoms. The highest BCUT2D eigenvalue weighted by molar-refractivity contribution is 7.99. The molecule has 0 unspecified atom stereocenters. The minimum Gasteiger partial charge on any atom is -0.394 e. The van der Waals surface area contributed by atoms with E-state index >= 15 is 0 Å². The molecule has 3 aliphatic heterocycles. The van der Waals surface area contributed by atoms with Crippen LogP contribution in [0.4, 0.5) is 0 Å². The molecule has 4 aliphatic rings. The molecule has 0 radical (unpaired) electrons. The second-order valence-corrected chi connectivity index (χ2v) is 17.8. The lowest BCUT2D eigenvalue weighted by atomic mass is 9.84. The summed E-state index contributed by atoms with van der Waals surface area (Å²) >= 11 is 1.61. The van der Waals surface area contributed by atoms with Crippen LogP contribution in [0.2, 0.25) is 0 Å². The predicted octanol–water partition coefficient (Wildman–Crippen LogP) is -1.64. The molecule has 19 heteroatoms. The van der Waals surface area contributed by atoms with Gasteiger partial charge in [0.1, 0.15) is 61.0 Å². The summed E-state index contributed by atoms with van der Waals surface area (Å²) in [6.45, 7) is 1.46. The van der Waals surface area contributed by atoms with E-state index in [4.69, 9.17) is 57.1 Å². The number of aliphatic hydroxyl groups is 7. The number of aliphatic hydroxyl groups excluding tert-OH is 7. The maximum Gasteiger partial charge on any atom is 0.187 e. The van der Waals surface area contributed by atoms with Gasteiger partial charge >= 0.3 is 0 Å². The van der Waals surface area contributed by atoms with Crippen LogP contribution in [0.1, 0.15) is 103 Å². The molecule has 3 heterocycles. The fourth-order valence-electron chi connectivity index (χ4n) is 8.28. The highest BCUT2D eigenvalue weighted by Crippen LogP contribution is 2.35. The summed E-state index contributed by atoms with van der Waals surface area (Å²) in [4.78, 5) is 0. The van der Waals surface area contributed by atoms with Crippen LogP contribution >= 0.6 is 11.8 Å². The Bertz CT molecular complexity index is 1130. The van der Waals surface area contributed by atoms with E-state index in [1.165, 1.54) is 77.0 Å². The molecule has 18 nitrogen and oxygen atoms in total. The Morgan fingerprint density at radius 2 is 0.983 bits per heavy atom. The Morgan fingerprint density at radius 1 is 0.517 bits per heavy atom. The highest BCUT2D eigenvalue weighted by atomic mass is 32.2. The molecule has 4 fully saturated rings. The van der Waals surface area contributed by atoms with E-state index in [0.717, 1.165) is 18.6 Å². The minimum absolute atomic E-state index is 0.115. The Kier molecular flexibility index (Phi) is 22.2. The molecule has 342 valence electrons. The molecule has 1 saturated carbocycles. The third-order valence-electron chi connectivity index (χ3n) is 12.1. The van der Waals surface area contributed by atoms with Crippen LogP contribution in [0.5, 0.6) is 0 Å². The van der Waals surface area contributed by atoms with Crippen molar-refractivity contribution in [3.63, 3.8) is 0 Å². The number of ether oxygens (including phenoxy) is 6. The molecular formula is C39H77N5O13S. The van der Waals surface area contributed by atoms with Gasteiger partial charge in [-0.1, -0.05) is 90.4 Å². The Labute approximate surface area is 348 Å². The highest BCUT2D eigenvalue weighted by Gasteiger charge is 2.54. The van der Waals surface area contributed by atoms with Crippen LogP contribution in [0.15, 0.2) is 0 Å². The van der Waals surface area contributed by atoms with E-state index in [9.17, 15) is 35.7 Å². The van der Waals surface area contributed by atoms with Gasteiger partial charge in [-0.25, -0.2) is 0 Å². The van der Waals surface area contributed by atoms with Gasteiger partial charge in [0.2, 0.25) is 0 Å². The predicted molar refractivity (Wildman–Crippen MR) is 217 cm³/mol. The lowest BCUT2D eigenvalue weighted by molar-refractivity contribution is -0.305. The van der Waals surface area contributed by atoms with Gasteiger partial charge in [0, 0.05) is 24.4 Å². The standard InChI is InChI=1S/C39H77N5O13S/c1-2-3-4-5-6-7-8-9-10-11-12-13-14-15-16-58-20-25-30(48)32(50)27(44)38(54-25)55-34-22(42)17-21(41)28(46)36(34)57-39-33(51)35(24(19-45)53-39)56-37-26(43)31(49)29(47)23(18-40)52-37/h21-39,45-51H,2-20,40-44H2,1H3/t21-,22+,23+,24-,25-,26-,27-,28+,29-,30-,31-,32-,33-,34-,35-,36-,37-,38-,39+/m1/s1. The Balaban J connectivity index is 1.26. The van der Waals surface area contributed by atoms with E-state index in [0.29, 0.717) is 5.75 Å². The molecule has 58 heavy (non-hydrogen) atoms. The molecule has 0 amide bonds. The number of hydrogen-bond donors (Lipinski definition) is 12. The van der Waals surface area contributed by atoms with E-state index in [1.807, 2.05) is 0 Å². The number of thioether (sulfide) groups is 1. The summed E-state index contributed by atoms with van der Waals surface area (Å²) in [5, 5.41) is 75.1. The van der Waals surface area contributed by atoms with Gasteiger partial charge < -0.3 is 92.8 Å². The van der Waals surface area contributed by atoms with E-state index in [2.05, 4.69) is 6.92 Å². The number of nitrogens with two attached hydrogens (primary N) is 5. The summed E-state index contributed by atoms with van der Waals surface area (Å²) in [5.74, 6) is 1.25. The molecule has 3 saturated heterocycles. The maximum atomic E-state index is 11.3. The normalized spacial score (nSPS) is 42.3. The molecule has 0 aromatic heterocycles. The molecule has 4 rings (SSSR count). The van der Waals surface area contributed by atoms with E-state index in [-0.39, 0.29) is 13.0 Å². The van der Waals surface area contributed by atoms with Gasteiger partial charge in [0.25, 0.3) is 0 Å². The lowest BCUT2D eigenvalue weighted by Crippen LogP contribution is -2.68. The van der Waals surface area contributed by atoms with Crippen LogP contribution in [0, 0.1) is 0 Å². The monoisotopic (exact) mass is 856 g/mol. The van der Waals surface area contributed by atoms with E-state index < -0.39 is 123 Å². The lowest BCUT2D eigenvalue weighted by Gasteiger charge is -2.47. The summed E-state index contributed by atoms with van der Waals surface area (Å²) < 4.78 is 35.8. The summed E-state index contributed by atoms with van der Waals surface area (Å²) in [7, 11) is 0. The second-order valence-electron chi connectivity index (χ2n) is 16.7. The smallest absolute Gasteiger partial charge is 0.187 e. The van der Waals surface area contributed by atoms with Crippen molar-refractivity contribution in [2.24, 2.45) is 28.7 Å². The van der Waals surface area contributed by atoms with Crippen molar-refractivity contribution in [2.75, 3.05) is 24.7 Å². The third-order valence-corrected chi connectivity index (χ3v) is 13.2. The first-order chi connectivity index (χ1) is 27.8. The SMILES string of the molecule is CCCCCCCCCCCCCCCCSC[C@H]1O[C@H](O[C@H]2[C@H](O[C@@H]3O[C@H](CO)[C@@H](O[C@H]4O[C@@H](CN)[C@@H](O)[C@H](O)[C@H]4N)[C@H]3O)[C@@H](O)[C@H](N)C[C@@H]2N)[C@H](N)[C@@H](O)[C@@H]1O. The molecular weight excluding hydrogens is 779 g/mol. The third kappa shape index (κ3) is 13.8. The zero-order chi connectivity index (χ0) is 42.4. The van der Waals surface area contributed by atoms with Crippen molar-refractivity contribution in [3.8, 4) is 0 Å². The van der Waals surface area contributed by atoms with Gasteiger partial charge in [0.05, 0.1) is 30.9 Å². The molecule has 0 aromatic carbocycles. The van der Waals surface area contributed by atoms with Gasteiger partial charge in [-0.3, -0.25) is 0 Å². The molecule has 1 aliphatic carbocycles. The quantitative estimate of drug-likeness (QED) is 0.0458. The van der Waals surface area contributed by atoms with Crippen molar-refractivity contribution >= 4 is 11.8 Å². The van der Waals surface area contributed by atoms with E-state index in [1.54, 1.807) is 11.8 Å². The van der Waals surface area contributed by atoms with Crippen LogP contribution in [0.25, 0.3) is 0 Å². The molecule has 0 bridgehead atoms. The van der Waals surface area contributed by atoms with Crippen LogP contribution in [0.3, 0.4) is 0 Å². The summed E-state index contributed by atoms with van der Waals surface area (Å²) in [6.07, 6.45) is -1.29. The van der Waals surface area contributed by atoms with Gasteiger partial charge in [-0.05, 0) is 18.6 Å². The number of unbranched alkanes of at least 4 members (excludes halogenated alkanes) is 13.